The summed E-state index contributed by atoms with van der Waals surface area (Å²) in [6, 6.07) is 8.33. The SMILES string of the molecule is CCNC(CCN(C)CCC(F)(F)F)c1ccccc1C. The molecule has 21 heavy (non-hydrogen) atoms. The van der Waals surface area contributed by atoms with Crippen molar-refractivity contribution in [3.63, 3.8) is 0 Å². The zero-order chi connectivity index (χ0) is 15.9. The Hall–Kier alpha value is -1.07. The van der Waals surface area contributed by atoms with Crippen LogP contribution in [0.4, 0.5) is 13.2 Å². The Kier molecular flexibility index (Phi) is 7.18. The van der Waals surface area contributed by atoms with Crippen LogP contribution in [0.25, 0.3) is 0 Å². The van der Waals surface area contributed by atoms with Gasteiger partial charge in [0.1, 0.15) is 0 Å². The van der Waals surface area contributed by atoms with E-state index in [0.29, 0.717) is 6.54 Å². The zero-order valence-corrected chi connectivity index (χ0v) is 13.0. The van der Waals surface area contributed by atoms with Crippen molar-refractivity contribution in [3.8, 4) is 0 Å². The molecule has 0 aromatic heterocycles. The van der Waals surface area contributed by atoms with E-state index >= 15 is 0 Å². The average molecular weight is 302 g/mol. The predicted molar refractivity (Wildman–Crippen MR) is 80.4 cm³/mol. The second kappa shape index (κ2) is 8.39. The molecule has 1 unspecified atom stereocenters. The van der Waals surface area contributed by atoms with Crippen LogP contribution in [0.3, 0.4) is 0 Å². The lowest BCUT2D eigenvalue weighted by molar-refractivity contribution is -0.137. The van der Waals surface area contributed by atoms with E-state index < -0.39 is 12.6 Å². The number of hydrogen-bond acceptors (Lipinski definition) is 2. The first-order valence-corrected chi connectivity index (χ1v) is 7.37. The Bertz CT molecular complexity index is 418. The minimum Gasteiger partial charge on any atom is -0.310 e. The van der Waals surface area contributed by atoms with Gasteiger partial charge in [0.15, 0.2) is 0 Å². The van der Waals surface area contributed by atoms with Gasteiger partial charge in [-0.3, -0.25) is 0 Å². The van der Waals surface area contributed by atoms with Crippen molar-refractivity contribution < 1.29 is 13.2 Å². The van der Waals surface area contributed by atoms with Gasteiger partial charge in [-0.2, -0.15) is 13.2 Å². The second-order valence-electron chi connectivity index (χ2n) is 5.42. The maximum absolute atomic E-state index is 12.2. The van der Waals surface area contributed by atoms with E-state index in [2.05, 4.69) is 24.4 Å². The molecular weight excluding hydrogens is 277 g/mol. The Morgan fingerprint density at radius 1 is 1.19 bits per heavy atom. The molecule has 2 nitrogen and oxygen atoms in total. The molecule has 0 radical (unpaired) electrons. The van der Waals surface area contributed by atoms with Gasteiger partial charge in [-0.25, -0.2) is 0 Å². The van der Waals surface area contributed by atoms with Gasteiger partial charge in [0.05, 0.1) is 6.42 Å². The normalized spacial score (nSPS) is 13.7. The number of aryl methyl sites for hydroxylation is 1. The molecule has 0 amide bonds. The smallest absolute Gasteiger partial charge is 0.310 e. The van der Waals surface area contributed by atoms with E-state index in [1.807, 2.05) is 19.1 Å². The third-order valence-corrected chi connectivity index (χ3v) is 3.59. The van der Waals surface area contributed by atoms with Crippen molar-refractivity contribution in [2.45, 2.75) is 38.9 Å². The molecule has 0 aliphatic rings. The summed E-state index contributed by atoms with van der Waals surface area (Å²) >= 11 is 0. The van der Waals surface area contributed by atoms with Gasteiger partial charge in [0, 0.05) is 12.6 Å². The van der Waals surface area contributed by atoms with Crippen molar-refractivity contribution in [1.29, 1.82) is 0 Å². The highest BCUT2D eigenvalue weighted by Gasteiger charge is 2.27. The highest BCUT2D eigenvalue weighted by Crippen LogP contribution is 2.22. The third kappa shape index (κ3) is 6.96. The van der Waals surface area contributed by atoms with E-state index in [9.17, 15) is 13.2 Å². The molecule has 5 heteroatoms. The molecule has 1 aromatic carbocycles. The van der Waals surface area contributed by atoms with Gasteiger partial charge in [-0.05, 0) is 44.6 Å². The summed E-state index contributed by atoms with van der Waals surface area (Å²) in [4.78, 5) is 1.75. The zero-order valence-electron chi connectivity index (χ0n) is 13.0. The van der Waals surface area contributed by atoms with Gasteiger partial charge in [-0.15, -0.1) is 0 Å². The van der Waals surface area contributed by atoms with Crippen molar-refractivity contribution >= 4 is 0 Å². The molecule has 1 aromatic rings. The number of hydrogen-bond donors (Lipinski definition) is 1. The lowest BCUT2D eigenvalue weighted by atomic mass is 9.98. The van der Waals surface area contributed by atoms with Crippen molar-refractivity contribution in [1.82, 2.24) is 10.2 Å². The summed E-state index contributed by atoms with van der Waals surface area (Å²) in [6.45, 7) is 5.63. The number of halogens is 3. The number of benzene rings is 1. The van der Waals surface area contributed by atoms with Crippen molar-refractivity contribution in [3.05, 3.63) is 35.4 Å². The molecule has 1 N–H and O–H groups in total. The summed E-state index contributed by atoms with van der Waals surface area (Å²) in [5.74, 6) is 0. The lowest BCUT2D eigenvalue weighted by Gasteiger charge is -2.24. The quantitative estimate of drug-likeness (QED) is 0.783. The van der Waals surface area contributed by atoms with Crippen LogP contribution in [0.1, 0.15) is 36.9 Å². The molecule has 0 saturated carbocycles. The van der Waals surface area contributed by atoms with Crippen LogP contribution in [0.5, 0.6) is 0 Å². The molecule has 120 valence electrons. The number of nitrogens with one attached hydrogen (secondary N) is 1. The van der Waals surface area contributed by atoms with Crippen LogP contribution in [0.15, 0.2) is 24.3 Å². The summed E-state index contributed by atoms with van der Waals surface area (Å²) in [5, 5.41) is 3.42. The summed E-state index contributed by atoms with van der Waals surface area (Å²) in [7, 11) is 1.74. The van der Waals surface area contributed by atoms with Gasteiger partial charge < -0.3 is 10.2 Å². The van der Waals surface area contributed by atoms with Gasteiger partial charge in [-0.1, -0.05) is 31.2 Å². The Balaban J connectivity index is 2.54. The fourth-order valence-corrected chi connectivity index (χ4v) is 2.37. The number of nitrogens with zero attached hydrogens (tertiary/aromatic N) is 1. The summed E-state index contributed by atoms with van der Waals surface area (Å²) in [6.07, 6.45) is -4.03. The molecule has 0 heterocycles. The second-order valence-corrected chi connectivity index (χ2v) is 5.42. The van der Waals surface area contributed by atoms with Crippen LogP contribution in [0.2, 0.25) is 0 Å². The van der Waals surface area contributed by atoms with Crippen LogP contribution < -0.4 is 5.32 Å². The fourth-order valence-electron chi connectivity index (χ4n) is 2.37. The molecule has 1 atom stereocenters. The molecule has 1 rings (SSSR count). The van der Waals surface area contributed by atoms with Crippen LogP contribution in [-0.2, 0) is 0 Å². The number of rotatable bonds is 8. The molecule has 0 fully saturated rings. The van der Waals surface area contributed by atoms with E-state index in [4.69, 9.17) is 0 Å². The highest BCUT2D eigenvalue weighted by atomic mass is 19.4. The van der Waals surface area contributed by atoms with Crippen LogP contribution >= 0.6 is 0 Å². The highest BCUT2D eigenvalue weighted by molar-refractivity contribution is 5.28. The maximum atomic E-state index is 12.2. The van der Waals surface area contributed by atoms with E-state index in [1.54, 1.807) is 11.9 Å². The molecule has 0 aliphatic carbocycles. The largest absolute Gasteiger partial charge is 0.390 e. The first-order valence-electron chi connectivity index (χ1n) is 7.37. The summed E-state index contributed by atoms with van der Waals surface area (Å²) < 4.78 is 36.6. The first kappa shape index (κ1) is 18.0. The average Bonchev–Trinajstić information content (AvgIpc) is 2.41. The molecule has 0 aliphatic heterocycles. The minimum absolute atomic E-state index is 0.0517. The van der Waals surface area contributed by atoms with E-state index in [-0.39, 0.29) is 12.6 Å². The number of alkyl halides is 3. The monoisotopic (exact) mass is 302 g/mol. The van der Waals surface area contributed by atoms with Crippen molar-refractivity contribution in [2.24, 2.45) is 0 Å². The molecule has 0 bridgehead atoms. The standard InChI is InChI=1S/C16H25F3N2/c1-4-20-15(14-8-6-5-7-13(14)2)9-11-21(3)12-10-16(17,18)19/h5-8,15,20H,4,9-12H2,1-3H3. The van der Waals surface area contributed by atoms with E-state index in [0.717, 1.165) is 13.0 Å². The van der Waals surface area contributed by atoms with Gasteiger partial charge in [0.25, 0.3) is 0 Å². The molecule has 0 spiro atoms. The molecule has 0 saturated heterocycles. The Morgan fingerprint density at radius 2 is 1.86 bits per heavy atom. The van der Waals surface area contributed by atoms with Gasteiger partial charge >= 0.3 is 6.18 Å². The Labute approximate surface area is 125 Å². The molecular formula is C16H25F3N2. The topological polar surface area (TPSA) is 15.3 Å². The fraction of sp³-hybridized carbons (Fsp3) is 0.625. The summed E-state index contributed by atoms with van der Waals surface area (Å²) in [5.41, 5.74) is 2.44. The maximum Gasteiger partial charge on any atom is 0.390 e. The third-order valence-electron chi connectivity index (χ3n) is 3.59. The van der Waals surface area contributed by atoms with Crippen molar-refractivity contribution in [2.75, 3.05) is 26.7 Å². The predicted octanol–water partition coefficient (Wildman–Crippen LogP) is 3.92. The first-order chi connectivity index (χ1) is 9.83. The van der Waals surface area contributed by atoms with Crippen LogP contribution in [-0.4, -0.2) is 37.8 Å². The van der Waals surface area contributed by atoms with Crippen LogP contribution in [0, 0.1) is 6.92 Å². The van der Waals surface area contributed by atoms with Gasteiger partial charge in [0.2, 0.25) is 0 Å². The lowest BCUT2D eigenvalue weighted by Crippen LogP contribution is -2.30. The Morgan fingerprint density at radius 3 is 2.43 bits per heavy atom. The van der Waals surface area contributed by atoms with E-state index in [1.165, 1.54) is 11.1 Å². The minimum atomic E-state index is -4.08.